The first-order valence-electron chi connectivity index (χ1n) is 12.0. The SMILES string of the molecule is C[C@@H]1CC(C)(C)C[C@]2(C1)NC(=O)N(CC(=O)N1CCCN(C)c3nc4ccccc4nc31)C2=O. The summed E-state index contributed by atoms with van der Waals surface area (Å²) >= 11 is 0. The number of imide groups is 1. The van der Waals surface area contributed by atoms with Crippen LogP contribution in [-0.4, -0.2) is 64.9 Å². The zero-order valence-corrected chi connectivity index (χ0v) is 20.3. The number of para-hydroxylation sites is 2. The monoisotopic (exact) mass is 464 g/mol. The second kappa shape index (κ2) is 7.92. The smallest absolute Gasteiger partial charge is 0.325 e. The number of nitrogens with zero attached hydrogens (tertiary/aromatic N) is 5. The predicted octanol–water partition coefficient (Wildman–Crippen LogP) is 2.94. The van der Waals surface area contributed by atoms with E-state index in [1.807, 2.05) is 36.2 Å². The standard InChI is InChI=1S/C25H32N6O3/c1-16-12-24(2,3)15-25(13-16)22(33)31(23(34)28-25)14-19(32)30-11-7-10-29(4)20-21(30)27-18-9-6-5-8-17(18)26-20/h5-6,8-9,16H,7,10-15H2,1-4H3,(H,28,34)/t16-,25+/m1/s1. The van der Waals surface area contributed by atoms with Gasteiger partial charge < -0.3 is 10.2 Å². The first kappa shape index (κ1) is 22.6. The third-order valence-corrected chi connectivity index (χ3v) is 7.25. The number of rotatable bonds is 2. The maximum Gasteiger partial charge on any atom is 0.325 e. The summed E-state index contributed by atoms with van der Waals surface area (Å²) in [5.41, 5.74) is 0.464. The lowest BCUT2D eigenvalue weighted by Gasteiger charge is -2.43. The maximum atomic E-state index is 13.5. The van der Waals surface area contributed by atoms with Crippen molar-refractivity contribution in [3.05, 3.63) is 24.3 Å². The van der Waals surface area contributed by atoms with Gasteiger partial charge in [-0.15, -0.1) is 0 Å². The van der Waals surface area contributed by atoms with Gasteiger partial charge in [-0.25, -0.2) is 14.8 Å². The fourth-order valence-corrected chi connectivity index (χ4v) is 6.21. The number of amides is 4. The van der Waals surface area contributed by atoms with E-state index < -0.39 is 11.6 Å². The molecule has 1 aromatic heterocycles. The van der Waals surface area contributed by atoms with E-state index in [4.69, 9.17) is 9.97 Å². The van der Waals surface area contributed by atoms with Crippen LogP contribution >= 0.6 is 0 Å². The van der Waals surface area contributed by atoms with Crippen LogP contribution in [0.4, 0.5) is 16.4 Å². The van der Waals surface area contributed by atoms with Gasteiger partial charge in [0.2, 0.25) is 5.91 Å². The van der Waals surface area contributed by atoms with Crippen LogP contribution in [0.1, 0.15) is 46.5 Å². The lowest BCUT2D eigenvalue weighted by atomic mass is 9.64. The number of urea groups is 1. The predicted molar refractivity (Wildman–Crippen MR) is 130 cm³/mol. The Balaban J connectivity index is 1.43. The highest BCUT2D eigenvalue weighted by Gasteiger charge is 2.56. The molecule has 180 valence electrons. The molecule has 2 aliphatic heterocycles. The van der Waals surface area contributed by atoms with Gasteiger partial charge in [-0.1, -0.05) is 32.9 Å². The molecule has 1 aliphatic carbocycles. The molecule has 2 fully saturated rings. The van der Waals surface area contributed by atoms with Crippen LogP contribution in [0.25, 0.3) is 11.0 Å². The molecule has 1 aromatic carbocycles. The van der Waals surface area contributed by atoms with E-state index in [1.54, 1.807) is 4.90 Å². The van der Waals surface area contributed by atoms with Crippen molar-refractivity contribution >= 4 is 40.5 Å². The lowest BCUT2D eigenvalue weighted by molar-refractivity contribution is -0.137. The van der Waals surface area contributed by atoms with Gasteiger partial charge in [-0.3, -0.25) is 19.4 Å². The molecule has 1 saturated heterocycles. The van der Waals surface area contributed by atoms with E-state index in [-0.39, 0.29) is 23.8 Å². The van der Waals surface area contributed by atoms with Crippen LogP contribution in [-0.2, 0) is 9.59 Å². The normalized spacial score (nSPS) is 26.6. The number of hydrogen-bond acceptors (Lipinski definition) is 6. The molecule has 2 aromatic rings. The summed E-state index contributed by atoms with van der Waals surface area (Å²) in [5.74, 6) is 0.784. The number of hydrogen-bond donors (Lipinski definition) is 1. The minimum atomic E-state index is -0.925. The Morgan fingerprint density at radius 3 is 2.44 bits per heavy atom. The maximum absolute atomic E-state index is 13.5. The molecule has 3 heterocycles. The Morgan fingerprint density at radius 2 is 1.76 bits per heavy atom. The van der Waals surface area contributed by atoms with E-state index in [0.717, 1.165) is 29.8 Å². The number of carbonyl (C=O) groups excluding carboxylic acids is 3. The molecule has 0 radical (unpaired) electrons. The molecule has 0 bridgehead atoms. The fraction of sp³-hybridized carbons (Fsp3) is 0.560. The molecule has 2 atom stereocenters. The summed E-state index contributed by atoms with van der Waals surface area (Å²) in [4.78, 5) is 54.2. The number of anilines is 2. The van der Waals surface area contributed by atoms with Crippen LogP contribution in [0.15, 0.2) is 24.3 Å². The number of fused-ring (bicyclic) bond motifs is 2. The minimum absolute atomic E-state index is 0.0639. The van der Waals surface area contributed by atoms with Crippen molar-refractivity contribution in [1.82, 2.24) is 20.2 Å². The quantitative estimate of drug-likeness (QED) is 0.686. The van der Waals surface area contributed by atoms with Crippen LogP contribution in [0.5, 0.6) is 0 Å². The van der Waals surface area contributed by atoms with Gasteiger partial charge in [-0.05, 0) is 49.1 Å². The molecule has 34 heavy (non-hydrogen) atoms. The molecule has 1 N–H and O–H groups in total. The molecular formula is C25H32N6O3. The fourth-order valence-electron chi connectivity index (χ4n) is 6.21. The van der Waals surface area contributed by atoms with Crippen LogP contribution in [0.2, 0.25) is 0 Å². The van der Waals surface area contributed by atoms with E-state index in [0.29, 0.717) is 42.5 Å². The van der Waals surface area contributed by atoms with Crippen LogP contribution < -0.4 is 15.1 Å². The Kier molecular flexibility index (Phi) is 5.26. The first-order chi connectivity index (χ1) is 16.1. The average molecular weight is 465 g/mol. The minimum Gasteiger partial charge on any atom is -0.357 e. The number of benzene rings is 1. The topological polar surface area (TPSA) is 98.7 Å². The van der Waals surface area contributed by atoms with Crippen molar-refractivity contribution < 1.29 is 14.4 Å². The van der Waals surface area contributed by atoms with Gasteiger partial charge in [0.1, 0.15) is 12.1 Å². The van der Waals surface area contributed by atoms with Crippen LogP contribution in [0.3, 0.4) is 0 Å². The Morgan fingerprint density at radius 1 is 1.09 bits per heavy atom. The molecule has 4 amide bonds. The van der Waals surface area contributed by atoms with Gasteiger partial charge in [-0.2, -0.15) is 0 Å². The summed E-state index contributed by atoms with van der Waals surface area (Å²) in [6.07, 6.45) is 2.91. The summed E-state index contributed by atoms with van der Waals surface area (Å²) in [5, 5.41) is 2.96. The van der Waals surface area contributed by atoms with Gasteiger partial charge in [0.15, 0.2) is 11.6 Å². The average Bonchev–Trinajstić information content (AvgIpc) is 2.88. The highest BCUT2D eigenvalue weighted by Crippen LogP contribution is 2.46. The summed E-state index contributed by atoms with van der Waals surface area (Å²) < 4.78 is 0. The van der Waals surface area contributed by atoms with Gasteiger partial charge in [0.25, 0.3) is 5.91 Å². The molecule has 5 rings (SSSR count). The van der Waals surface area contributed by atoms with Crippen molar-refractivity contribution in [1.29, 1.82) is 0 Å². The highest BCUT2D eigenvalue weighted by atomic mass is 16.2. The number of carbonyl (C=O) groups is 3. The molecule has 9 heteroatoms. The summed E-state index contributed by atoms with van der Waals surface area (Å²) in [6, 6.07) is 7.06. The summed E-state index contributed by atoms with van der Waals surface area (Å²) in [7, 11) is 1.93. The van der Waals surface area contributed by atoms with Crippen molar-refractivity contribution in [2.75, 3.05) is 36.5 Å². The Hall–Kier alpha value is -3.23. The third-order valence-electron chi connectivity index (χ3n) is 7.25. The zero-order chi connectivity index (χ0) is 24.3. The lowest BCUT2D eigenvalue weighted by Crippen LogP contribution is -2.54. The second-order valence-corrected chi connectivity index (χ2v) is 10.9. The molecule has 3 aliphatic rings. The molecular weight excluding hydrogens is 432 g/mol. The van der Waals surface area contributed by atoms with E-state index in [2.05, 4.69) is 26.1 Å². The Bertz CT molecular complexity index is 1180. The van der Waals surface area contributed by atoms with E-state index in [9.17, 15) is 14.4 Å². The third kappa shape index (κ3) is 3.76. The molecule has 9 nitrogen and oxygen atoms in total. The van der Waals surface area contributed by atoms with Crippen molar-refractivity contribution in [2.45, 2.75) is 52.0 Å². The van der Waals surface area contributed by atoms with Gasteiger partial charge in [0.05, 0.1) is 11.0 Å². The largest absolute Gasteiger partial charge is 0.357 e. The molecule has 0 unspecified atom stereocenters. The van der Waals surface area contributed by atoms with E-state index in [1.165, 1.54) is 0 Å². The van der Waals surface area contributed by atoms with Gasteiger partial charge >= 0.3 is 6.03 Å². The van der Waals surface area contributed by atoms with Crippen molar-refractivity contribution in [3.8, 4) is 0 Å². The van der Waals surface area contributed by atoms with Crippen molar-refractivity contribution in [2.24, 2.45) is 11.3 Å². The number of nitrogens with one attached hydrogen (secondary N) is 1. The van der Waals surface area contributed by atoms with Gasteiger partial charge in [0, 0.05) is 20.1 Å². The molecule has 1 spiro atoms. The second-order valence-electron chi connectivity index (χ2n) is 10.9. The van der Waals surface area contributed by atoms with Crippen LogP contribution in [0, 0.1) is 11.3 Å². The number of aromatic nitrogens is 2. The summed E-state index contributed by atoms with van der Waals surface area (Å²) in [6.45, 7) is 7.24. The molecule has 1 saturated carbocycles. The zero-order valence-electron chi connectivity index (χ0n) is 20.3. The first-order valence-corrected chi connectivity index (χ1v) is 12.0. The van der Waals surface area contributed by atoms with Crippen molar-refractivity contribution in [3.63, 3.8) is 0 Å². The van der Waals surface area contributed by atoms with E-state index >= 15 is 0 Å². The highest BCUT2D eigenvalue weighted by molar-refractivity contribution is 6.10. The Labute approximate surface area is 199 Å².